The van der Waals surface area contributed by atoms with Gasteiger partial charge in [0.2, 0.25) is 5.91 Å². The number of carbonyl (C=O) groups excluding carboxylic acids is 1. The van der Waals surface area contributed by atoms with E-state index in [0.717, 1.165) is 31.2 Å². The Kier molecular flexibility index (Phi) is 6.90. The molecular weight excluding hydrogens is 372 g/mol. The maximum Gasteiger partial charge on any atom is 0.326 e. The summed E-state index contributed by atoms with van der Waals surface area (Å²) in [7, 11) is 0. The molecule has 2 fully saturated rings. The van der Waals surface area contributed by atoms with Crippen LogP contribution in [0, 0.1) is 5.92 Å². The van der Waals surface area contributed by atoms with Crippen LogP contribution in [0.25, 0.3) is 0 Å². The highest BCUT2D eigenvalue weighted by molar-refractivity contribution is 5.88. The molecular formula is C22H30N2O5. The van der Waals surface area contributed by atoms with E-state index in [1.165, 1.54) is 4.90 Å². The quantitative estimate of drug-likeness (QED) is 0.616. The average molecular weight is 402 g/mol. The zero-order valence-corrected chi connectivity index (χ0v) is 16.8. The second-order valence-corrected chi connectivity index (χ2v) is 8.25. The third-order valence-corrected chi connectivity index (χ3v) is 6.31. The van der Waals surface area contributed by atoms with E-state index in [1.54, 1.807) is 6.92 Å². The number of aryl methyl sites for hydroxylation is 1. The van der Waals surface area contributed by atoms with Gasteiger partial charge in [0.15, 0.2) is 0 Å². The number of carboxylic acids is 2. The fourth-order valence-corrected chi connectivity index (χ4v) is 4.83. The first kappa shape index (κ1) is 21.3. The molecule has 3 rings (SSSR count). The summed E-state index contributed by atoms with van der Waals surface area (Å²) in [6.45, 7) is 1.63. The first-order valence-corrected chi connectivity index (χ1v) is 10.5. The molecule has 1 aliphatic carbocycles. The van der Waals surface area contributed by atoms with Crippen LogP contribution in [-0.2, 0) is 20.8 Å². The molecule has 29 heavy (non-hydrogen) atoms. The van der Waals surface area contributed by atoms with Crippen molar-refractivity contribution in [3.8, 4) is 0 Å². The number of fused-ring (bicyclic) bond motifs is 1. The molecule has 1 aliphatic heterocycles. The van der Waals surface area contributed by atoms with Crippen molar-refractivity contribution < 1.29 is 24.6 Å². The van der Waals surface area contributed by atoms with Gasteiger partial charge in [0.25, 0.3) is 0 Å². The maximum atomic E-state index is 13.2. The van der Waals surface area contributed by atoms with Gasteiger partial charge in [-0.1, -0.05) is 43.2 Å². The summed E-state index contributed by atoms with van der Waals surface area (Å²) in [4.78, 5) is 38.2. The molecule has 2 unspecified atom stereocenters. The number of aliphatic carboxylic acids is 2. The Bertz CT molecular complexity index is 738. The lowest BCUT2D eigenvalue weighted by Crippen LogP contribution is -2.55. The normalized spacial score (nSPS) is 25.8. The number of amides is 1. The minimum atomic E-state index is -1.01. The Morgan fingerprint density at radius 2 is 1.83 bits per heavy atom. The van der Waals surface area contributed by atoms with E-state index >= 15 is 0 Å². The zero-order valence-electron chi connectivity index (χ0n) is 16.8. The Labute approximate surface area is 171 Å². The van der Waals surface area contributed by atoms with Crippen LogP contribution in [0.4, 0.5) is 0 Å². The van der Waals surface area contributed by atoms with E-state index in [0.29, 0.717) is 19.3 Å². The third kappa shape index (κ3) is 4.96. The van der Waals surface area contributed by atoms with Crippen molar-refractivity contribution in [2.24, 2.45) is 5.92 Å². The van der Waals surface area contributed by atoms with Gasteiger partial charge in [0, 0.05) is 6.04 Å². The molecule has 1 saturated heterocycles. The van der Waals surface area contributed by atoms with E-state index in [2.05, 4.69) is 5.32 Å². The predicted octanol–water partition coefficient (Wildman–Crippen LogP) is 2.29. The van der Waals surface area contributed by atoms with Gasteiger partial charge in [-0.2, -0.15) is 0 Å². The number of carbonyl (C=O) groups is 3. The fraction of sp³-hybridized carbons (Fsp3) is 0.591. The Morgan fingerprint density at radius 1 is 1.14 bits per heavy atom. The zero-order chi connectivity index (χ0) is 21.0. The van der Waals surface area contributed by atoms with Crippen LogP contribution < -0.4 is 5.32 Å². The average Bonchev–Trinajstić information content (AvgIpc) is 3.10. The highest BCUT2D eigenvalue weighted by Crippen LogP contribution is 2.40. The summed E-state index contributed by atoms with van der Waals surface area (Å²) in [6.07, 6.45) is 5.27. The van der Waals surface area contributed by atoms with Crippen molar-refractivity contribution in [2.75, 3.05) is 0 Å². The molecule has 0 radical (unpaired) electrons. The summed E-state index contributed by atoms with van der Waals surface area (Å²) >= 11 is 0. The molecule has 158 valence electrons. The summed E-state index contributed by atoms with van der Waals surface area (Å²) in [5.41, 5.74) is 1.04. The largest absolute Gasteiger partial charge is 0.480 e. The van der Waals surface area contributed by atoms with E-state index in [4.69, 9.17) is 0 Å². The number of nitrogens with one attached hydrogen (secondary N) is 1. The first-order chi connectivity index (χ1) is 13.9. The van der Waals surface area contributed by atoms with Crippen molar-refractivity contribution >= 4 is 17.8 Å². The molecule has 0 spiro atoms. The summed E-state index contributed by atoms with van der Waals surface area (Å²) in [6, 6.07) is 7.12. The maximum absolute atomic E-state index is 13.2. The summed E-state index contributed by atoms with van der Waals surface area (Å²) in [5.74, 6) is -2.06. The van der Waals surface area contributed by atoms with Gasteiger partial charge in [-0.25, -0.2) is 4.79 Å². The van der Waals surface area contributed by atoms with Gasteiger partial charge in [-0.15, -0.1) is 0 Å². The van der Waals surface area contributed by atoms with Gasteiger partial charge in [-0.3, -0.25) is 14.9 Å². The topological polar surface area (TPSA) is 107 Å². The van der Waals surface area contributed by atoms with Crippen LogP contribution in [0.5, 0.6) is 0 Å². The SMILES string of the molecule is C[C@H](N[C@@H](CCc1ccccc1)C(=O)O)C(=O)N1C2CCCCC2C[C@@H]1C(=O)O. The van der Waals surface area contributed by atoms with Crippen molar-refractivity contribution in [3.05, 3.63) is 35.9 Å². The second kappa shape index (κ2) is 9.39. The van der Waals surface area contributed by atoms with Crippen molar-refractivity contribution in [1.29, 1.82) is 0 Å². The number of rotatable bonds is 8. The van der Waals surface area contributed by atoms with Crippen molar-refractivity contribution in [3.63, 3.8) is 0 Å². The molecule has 0 bridgehead atoms. The molecule has 1 aromatic carbocycles. The Morgan fingerprint density at radius 3 is 2.48 bits per heavy atom. The molecule has 1 amide bonds. The highest BCUT2D eigenvalue weighted by atomic mass is 16.4. The lowest BCUT2D eigenvalue weighted by Gasteiger charge is -2.35. The standard InChI is InChI=1S/C22H30N2O5/c1-14(23-17(21(26)27)12-11-15-7-3-2-4-8-15)20(25)24-18-10-6-5-9-16(18)13-19(24)22(28)29/h2-4,7-8,14,16-19,23H,5-6,9-13H2,1H3,(H,26,27)(H,28,29)/t14-,16?,17-,18?,19+/m0/s1. The van der Waals surface area contributed by atoms with Crippen molar-refractivity contribution in [2.45, 2.75) is 76.0 Å². The number of benzene rings is 1. The van der Waals surface area contributed by atoms with Crippen LogP contribution in [-0.4, -0.2) is 57.1 Å². The van der Waals surface area contributed by atoms with Gasteiger partial charge < -0.3 is 15.1 Å². The van der Waals surface area contributed by atoms with Gasteiger partial charge >= 0.3 is 11.9 Å². The first-order valence-electron chi connectivity index (χ1n) is 10.5. The fourth-order valence-electron chi connectivity index (χ4n) is 4.83. The van der Waals surface area contributed by atoms with E-state index in [-0.39, 0.29) is 17.9 Å². The third-order valence-electron chi connectivity index (χ3n) is 6.31. The number of nitrogens with zero attached hydrogens (tertiary/aromatic N) is 1. The molecule has 1 aromatic rings. The molecule has 7 heteroatoms. The number of hydrogen-bond acceptors (Lipinski definition) is 4. The molecule has 2 aliphatic rings. The monoisotopic (exact) mass is 402 g/mol. The lowest BCUT2D eigenvalue weighted by atomic mass is 9.84. The Balaban J connectivity index is 1.66. The predicted molar refractivity (Wildman–Crippen MR) is 107 cm³/mol. The minimum absolute atomic E-state index is 0.0470. The van der Waals surface area contributed by atoms with Crippen LogP contribution in [0.1, 0.15) is 51.0 Å². The lowest BCUT2D eigenvalue weighted by molar-refractivity contribution is -0.151. The number of likely N-dealkylation sites (tertiary alicyclic amines) is 1. The Hall–Kier alpha value is -2.41. The van der Waals surface area contributed by atoms with Crippen LogP contribution in [0.2, 0.25) is 0 Å². The van der Waals surface area contributed by atoms with E-state index in [9.17, 15) is 24.6 Å². The van der Waals surface area contributed by atoms with Crippen LogP contribution in [0.15, 0.2) is 30.3 Å². The van der Waals surface area contributed by atoms with Crippen molar-refractivity contribution in [1.82, 2.24) is 10.2 Å². The highest BCUT2D eigenvalue weighted by Gasteiger charge is 2.48. The molecule has 3 N–H and O–H groups in total. The molecule has 1 heterocycles. The van der Waals surface area contributed by atoms with Crippen LogP contribution in [0.3, 0.4) is 0 Å². The molecule has 1 saturated carbocycles. The van der Waals surface area contributed by atoms with E-state index in [1.807, 2.05) is 30.3 Å². The summed E-state index contributed by atoms with van der Waals surface area (Å²) < 4.78 is 0. The minimum Gasteiger partial charge on any atom is -0.480 e. The van der Waals surface area contributed by atoms with Gasteiger partial charge in [0.05, 0.1) is 6.04 Å². The molecule has 7 nitrogen and oxygen atoms in total. The van der Waals surface area contributed by atoms with E-state index < -0.39 is 30.1 Å². The second-order valence-electron chi connectivity index (χ2n) is 8.25. The van der Waals surface area contributed by atoms with Gasteiger partial charge in [-0.05, 0) is 50.5 Å². The van der Waals surface area contributed by atoms with Gasteiger partial charge in [0.1, 0.15) is 12.1 Å². The number of hydrogen-bond donors (Lipinski definition) is 3. The molecule has 5 atom stereocenters. The number of carboxylic acid groups (broad SMARTS) is 2. The van der Waals surface area contributed by atoms with Crippen LogP contribution >= 0.6 is 0 Å². The smallest absolute Gasteiger partial charge is 0.326 e. The summed E-state index contributed by atoms with van der Waals surface area (Å²) in [5, 5.41) is 22.2. The molecule has 0 aromatic heterocycles.